The van der Waals surface area contributed by atoms with Crippen molar-refractivity contribution in [2.24, 2.45) is 4.99 Å². The molecule has 0 bridgehead atoms. The molecule has 0 spiro atoms. The molecule has 0 aliphatic rings. The topological polar surface area (TPSA) is 49.6 Å². The molecule has 132 valence electrons. The van der Waals surface area contributed by atoms with E-state index in [9.17, 15) is 4.39 Å². The zero-order chi connectivity index (χ0) is 16.9. The molecule has 0 amide bonds. The number of guanidine groups is 1. The lowest BCUT2D eigenvalue weighted by Crippen LogP contribution is -2.36. The molecule has 1 aromatic heterocycles. The van der Waals surface area contributed by atoms with Crippen LogP contribution in [0.25, 0.3) is 11.0 Å². The van der Waals surface area contributed by atoms with Gasteiger partial charge in [0.1, 0.15) is 17.2 Å². The van der Waals surface area contributed by atoms with Gasteiger partial charge in [0.05, 0.1) is 6.54 Å². The third-order valence-electron chi connectivity index (χ3n) is 3.99. The molecule has 25 heavy (non-hydrogen) atoms. The van der Waals surface area contributed by atoms with E-state index in [4.69, 9.17) is 4.42 Å². The number of nitrogens with one attached hydrogen (secondary N) is 2. The lowest BCUT2D eigenvalue weighted by Gasteiger charge is -2.11. The van der Waals surface area contributed by atoms with Crippen molar-refractivity contribution in [2.75, 3.05) is 7.05 Å². The lowest BCUT2D eigenvalue weighted by molar-refractivity contribution is 0.534. The van der Waals surface area contributed by atoms with Gasteiger partial charge in [0.2, 0.25) is 0 Å². The van der Waals surface area contributed by atoms with Crippen molar-refractivity contribution in [1.82, 2.24) is 10.6 Å². The number of hydrogen-bond donors (Lipinski definition) is 2. The largest absolute Gasteiger partial charge is 0.459 e. The second kappa shape index (κ2) is 8.84. The molecule has 0 unspecified atom stereocenters. The van der Waals surface area contributed by atoms with Gasteiger partial charge >= 0.3 is 0 Å². The van der Waals surface area contributed by atoms with Crippen molar-refractivity contribution in [3.63, 3.8) is 0 Å². The molecule has 2 N–H and O–H groups in total. The lowest BCUT2D eigenvalue weighted by atomic mass is 10.1. The number of aryl methyl sites for hydroxylation is 1. The van der Waals surface area contributed by atoms with Gasteiger partial charge in [-0.05, 0) is 19.1 Å². The Morgan fingerprint density at radius 3 is 2.44 bits per heavy atom. The molecule has 0 aliphatic heterocycles. The van der Waals surface area contributed by atoms with Crippen molar-refractivity contribution in [2.45, 2.75) is 20.0 Å². The average Bonchev–Trinajstić information content (AvgIpc) is 2.93. The Balaban J connectivity index is 0.00000225. The van der Waals surface area contributed by atoms with Crippen molar-refractivity contribution in [3.8, 4) is 0 Å². The summed E-state index contributed by atoms with van der Waals surface area (Å²) in [4.78, 5) is 4.16. The molecule has 0 saturated heterocycles. The zero-order valence-electron chi connectivity index (χ0n) is 14.2. The Kier molecular flexibility index (Phi) is 6.81. The van der Waals surface area contributed by atoms with Gasteiger partial charge in [0.15, 0.2) is 5.96 Å². The quantitative estimate of drug-likeness (QED) is 0.351. The van der Waals surface area contributed by atoms with Crippen LogP contribution in [0.15, 0.2) is 57.9 Å². The van der Waals surface area contributed by atoms with Crippen LogP contribution < -0.4 is 10.6 Å². The fraction of sp³-hybridized carbons (Fsp3) is 0.211. The summed E-state index contributed by atoms with van der Waals surface area (Å²) < 4.78 is 19.5. The van der Waals surface area contributed by atoms with Gasteiger partial charge in [-0.2, -0.15) is 0 Å². The smallest absolute Gasteiger partial charge is 0.191 e. The predicted octanol–water partition coefficient (Wildman–Crippen LogP) is 4.36. The maximum atomic E-state index is 13.7. The summed E-state index contributed by atoms with van der Waals surface area (Å²) in [5.74, 6) is 1.23. The Hall–Kier alpha value is -2.09. The van der Waals surface area contributed by atoms with E-state index in [0.717, 1.165) is 22.3 Å². The summed E-state index contributed by atoms with van der Waals surface area (Å²) in [6.45, 7) is 2.92. The summed E-state index contributed by atoms with van der Waals surface area (Å²) in [5.41, 5.74) is 2.59. The van der Waals surface area contributed by atoms with Crippen LogP contribution in [0.1, 0.15) is 16.9 Å². The number of furan rings is 1. The van der Waals surface area contributed by atoms with Crippen molar-refractivity contribution in [3.05, 3.63) is 71.2 Å². The van der Waals surface area contributed by atoms with E-state index >= 15 is 0 Å². The molecular weight excluding hydrogens is 432 g/mol. The minimum Gasteiger partial charge on any atom is -0.459 e. The second-order valence-electron chi connectivity index (χ2n) is 5.52. The first-order valence-electron chi connectivity index (χ1n) is 7.84. The number of fused-ring (bicyclic) bond motifs is 1. The molecule has 6 heteroatoms. The molecule has 0 atom stereocenters. The maximum Gasteiger partial charge on any atom is 0.191 e. The van der Waals surface area contributed by atoms with Crippen molar-refractivity contribution < 1.29 is 8.81 Å². The highest BCUT2D eigenvalue weighted by Gasteiger charge is 2.10. The van der Waals surface area contributed by atoms with Crippen LogP contribution in [-0.4, -0.2) is 13.0 Å². The molecule has 0 aliphatic carbocycles. The standard InChI is InChI=1S/C19H20FN3O.HI/c1-13-15-8-4-6-10-17(15)24-18(13)12-23-19(21-2)22-11-14-7-3-5-9-16(14)20;/h3-10H,11-12H2,1-2H3,(H2,21,22,23);1H. The normalized spacial score (nSPS) is 11.2. The SMILES string of the molecule is CN=C(NCc1ccccc1F)NCc1oc2ccccc2c1C.I. The van der Waals surface area contributed by atoms with Gasteiger partial charge in [-0.3, -0.25) is 4.99 Å². The number of para-hydroxylation sites is 1. The molecule has 0 saturated carbocycles. The molecule has 2 aromatic carbocycles. The number of rotatable bonds is 4. The second-order valence-corrected chi connectivity index (χ2v) is 5.52. The Morgan fingerprint density at radius 2 is 1.72 bits per heavy atom. The molecule has 3 rings (SSSR count). The van der Waals surface area contributed by atoms with Crippen molar-refractivity contribution >= 4 is 40.9 Å². The van der Waals surface area contributed by atoms with Crippen molar-refractivity contribution in [1.29, 1.82) is 0 Å². The molecule has 4 nitrogen and oxygen atoms in total. The van der Waals surface area contributed by atoms with Crippen LogP contribution in [0.5, 0.6) is 0 Å². The third-order valence-corrected chi connectivity index (χ3v) is 3.99. The number of aliphatic imine (C=N–C) groups is 1. The van der Waals surface area contributed by atoms with Crippen LogP contribution in [0.2, 0.25) is 0 Å². The average molecular weight is 453 g/mol. The molecular formula is C19H21FIN3O. The van der Waals surface area contributed by atoms with E-state index < -0.39 is 0 Å². The summed E-state index contributed by atoms with van der Waals surface area (Å²) in [7, 11) is 1.68. The first-order valence-corrected chi connectivity index (χ1v) is 7.84. The van der Waals surface area contributed by atoms with E-state index in [1.54, 1.807) is 19.2 Å². The minimum absolute atomic E-state index is 0. The monoisotopic (exact) mass is 453 g/mol. The van der Waals surface area contributed by atoms with Gasteiger partial charge in [-0.15, -0.1) is 24.0 Å². The summed E-state index contributed by atoms with van der Waals surface area (Å²) in [6.07, 6.45) is 0. The summed E-state index contributed by atoms with van der Waals surface area (Å²) in [6, 6.07) is 14.6. The summed E-state index contributed by atoms with van der Waals surface area (Å²) >= 11 is 0. The van der Waals surface area contributed by atoms with Crippen LogP contribution in [-0.2, 0) is 13.1 Å². The number of benzene rings is 2. The third kappa shape index (κ3) is 4.50. The highest BCUT2D eigenvalue weighted by atomic mass is 127. The molecule has 0 radical (unpaired) electrons. The van der Waals surface area contributed by atoms with Crippen LogP contribution in [0, 0.1) is 12.7 Å². The fourth-order valence-electron chi connectivity index (χ4n) is 2.60. The number of hydrogen-bond acceptors (Lipinski definition) is 2. The molecule has 1 heterocycles. The first-order chi connectivity index (χ1) is 11.7. The Labute approximate surface area is 163 Å². The Bertz CT molecular complexity index is 876. The highest BCUT2D eigenvalue weighted by molar-refractivity contribution is 14.0. The van der Waals surface area contributed by atoms with Gasteiger partial charge in [-0.25, -0.2) is 4.39 Å². The van der Waals surface area contributed by atoms with Gasteiger partial charge in [-0.1, -0.05) is 36.4 Å². The number of halogens is 2. The van der Waals surface area contributed by atoms with Gasteiger partial charge < -0.3 is 15.1 Å². The minimum atomic E-state index is -0.228. The maximum absolute atomic E-state index is 13.7. The van der Waals surface area contributed by atoms with Crippen LogP contribution in [0.3, 0.4) is 0 Å². The van der Waals surface area contributed by atoms with Crippen LogP contribution >= 0.6 is 24.0 Å². The molecule has 0 fully saturated rings. The van der Waals surface area contributed by atoms with Gasteiger partial charge in [0.25, 0.3) is 0 Å². The van der Waals surface area contributed by atoms with E-state index in [1.165, 1.54) is 6.07 Å². The van der Waals surface area contributed by atoms with E-state index in [-0.39, 0.29) is 29.8 Å². The van der Waals surface area contributed by atoms with E-state index in [1.807, 2.05) is 37.3 Å². The molecule has 3 aromatic rings. The van der Waals surface area contributed by atoms with E-state index in [2.05, 4.69) is 15.6 Å². The predicted molar refractivity (Wildman–Crippen MR) is 110 cm³/mol. The fourth-order valence-corrected chi connectivity index (χ4v) is 2.60. The zero-order valence-corrected chi connectivity index (χ0v) is 16.5. The Morgan fingerprint density at radius 1 is 1.04 bits per heavy atom. The first kappa shape index (κ1) is 19.2. The van der Waals surface area contributed by atoms with E-state index in [0.29, 0.717) is 24.6 Å². The number of nitrogens with zero attached hydrogens (tertiary/aromatic N) is 1. The highest BCUT2D eigenvalue weighted by Crippen LogP contribution is 2.24. The summed E-state index contributed by atoms with van der Waals surface area (Å²) in [5, 5.41) is 7.42. The van der Waals surface area contributed by atoms with Gasteiger partial charge in [0, 0.05) is 30.1 Å². The van der Waals surface area contributed by atoms with Crippen LogP contribution in [0.4, 0.5) is 4.39 Å².